The van der Waals surface area contributed by atoms with E-state index in [9.17, 15) is 0 Å². The van der Waals surface area contributed by atoms with Crippen LogP contribution in [0.4, 0.5) is 0 Å². The highest BCUT2D eigenvalue weighted by Crippen LogP contribution is 1.78. The first-order valence-corrected chi connectivity index (χ1v) is 10.9. The molecule has 2 unspecified atom stereocenters. The van der Waals surface area contributed by atoms with Gasteiger partial charge >= 0.3 is 0 Å². The molecule has 0 rings (SSSR count). The monoisotopic (exact) mass is 300 g/mol. The van der Waals surface area contributed by atoms with Crippen LogP contribution in [0, 0.1) is 0 Å². The third-order valence-electron chi connectivity index (χ3n) is 0.331. The fourth-order valence-electron chi connectivity index (χ4n) is 0. The minimum absolute atomic E-state index is 0. The van der Waals surface area contributed by atoms with Gasteiger partial charge in [0.1, 0.15) is 0 Å². The Hall–Kier alpha value is 1.71. The van der Waals surface area contributed by atoms with Crippen LogP contribution in [0.5, 0.6) is 0 Å². The zero-order chi connectivity index (χ0) is 8.73. The maximum atomic E-state index is 4.84. The van der Waals surface area contributed by atoms with E-state index in [1.807, 2.05) is 25.0 Å². The fraction of sp³-hybridized carbons (Fsp3) is 1.00. The molecule has 0 amide bonds. The van der Waals surface area contributed by atoms with Crippen molar-refractivity contribution in [3.05, 3.63) is 0 Å². The normalized spacial score (nSPS) is 11.8. The van der Waals surface area contributed by atoms with Crippen LogP contribution in [0.1, 0.15) is 22.3 Å². The Morgan fingerprint density at radius 2 is 0.692 bits per heavy atom. The molecule has 0 N–H and O–H groups in total. The Labute approximate surface area is 106 Å². The lowest BCUT2D eigenvalue weighted by Gasteiger charge is -1.87. The van der Waals surface area contributed by atoms with Gasteiger partial charge in [0.25, 0.3) is 0 Å². The van der Waals surface area contributed by atoms with E-state index in [4.69, 9.17) is 22.4 Å². The summed E-state index contributed by atoms with van der Waals surface area (Å²) in [7, 11) is 0.340. The molecule has 0 aromatic carbocycles. The molecule has 2 atom stereocenters. The second-order valence-corrected chi connectivity index (χ2v) is 13.9. The van der Waals surface area contributed by atoms with Crippen LogP contribution in [-0.2, 0) is 60.0 Å². The highest BCUT2D eigenvalue weighted by molar-refractivity contribution is 8.86. The zero-order valence-electron chi connectivity index (χ0n) is 6.45. The van der Waals surface area contributed by atoms with Gasteiger partial charge in [-0.1, -0.05) is 50.4 Å². The molecule has 88 valence electrons. The van der Waals surface area contributed by atoms with Crippen LogP contribution < -0.4 is 0 Å². The van der Waals surface area contributed by atoms with Crippen molar-refractivity contribution >= 4 is 60.0 Å². The molecular weight excluding hydrogens is 276 g/mol. The van der Waals surface area contributed by atoms with E-state index < -0.39 is 0 Å². The summed E-state index contributed by atoms with van der Waals surface area (Å²) < 4.78 is 0. The molecule has 0 aliphatic heterocycles. The van der Waals surface area contributed by atoms with Crippen LogP contribution in [0.2, 0.25) is 0 Å². The molecule has 0 aliphatic rings. The van der Waals surface area contributed by atoms with Crippen molar-refractivity contribution in [3.8, 4) is 0 Å². The van der Waals surface area contributed by atoms with Crippen molar-refractivity contribution in [1.82, 2.24) is 0 Å². The molecule has 0 spiro atoms. The Bertz CT molecular complexity index is 135. The first kappa shape index (κ1) is 29.3. The molecule has 6 heteroatoms. The van der Waals surface area contributed by atoms with Gasteiger partial charge in [0.2, 0.25) is 0 Å². The van der Waals surface area contributed by atoms with E-state index in [1.54, 1.807) is 0 Å². The maximum absolute atomic E-state index is 4.84. The number of hydrogen-bond donors (Lipinski definition) is 0. The summed E-state index contributed by atoms with van der Waals surface area (Å²) in [4.78, 5) is 0. The number of hydrogen-bond acceptors (Lipinski definition) is 3. The van der Waals surface area contributed by atoms with Gasteiger partial charge in [-0.25, -0.2) is 0 Å². The highest BCUT2D eigenvalue weighted by Gasteiger charge is 1.78. The third kappa shape index (κ3) is 57.7. The van der Waals surface area contributed by atoms with Crippen molar-refractivity contribution in [2.45, 2.75) is 22.3 Å². The summed E-state index contributed by atoms with van der Waals surface area (Å²) in [5.74, 6) is 0. The van der Waals surface area contributed by atoms with E-state index in [0.717, 1.165) is 0 Å². The van der Waals surface area contributed by atoms with Crippen LogP contribution in [0.3, 0.4) is 0 Å². The summed E-state index contributed by atoms with van der Waals surface area (Å²) in [6, 6.07) is 0. The van der Waals surface area contributed by atoms with Gasteiger partial charge in [-0.15, -0.1) is 9.45 Å². The van der Waals surface area contributed by atoms with Crippen molar-refractivity contribution in [2.24, 2.45) is 0 Å². The van der Waals surface area contributed by atoms with Gasteiger partial charge < -0.3 is 0 Å². The molecule has 0 saturated carbocycles. The van der Waals surface area contributed by atoms with Gasteiger partial charge in [0, 0.05) is 0 Å². The van der Waals surface area contributed by atoms with E-state index in [1.165, 1.54) is 0 Å². The molecular formula is C7H24S6. The Morgan fingerprint density at radius 1 is 0.615 bits per heavy atom. The summed E-state index contributed by atoms with van der Waals surface area (Å²) in [6.45, 7) is 0. The van der Waals surface area contributed by atoms with Gasteiger partial charge in [-0.3, -0.25) is 0 Å². The predicted molar refractivity (Wildman–Crippen MR) is 88.1 cm³/mol. The largest absolute Gasteiger partial charge is 0.128 e. The molecule has 0 bridgehead atoms. The van der Waals surface area contributed by atoms with E-state index in [0.29, 0.717) is 0 Å². The lowest BCUT2D eigenvalue weighted by molar-refractivity contribution is 2.35. The molecule has 0 nitrogen and oxygen atoms in total. The van der Waals surface area contributed by atoms with E-state index in [-0.39, 0.29) is 48.7 Å². The van der Waals surface area contributed by atoms with Crippen molar-refractivity contribution in [1.29, 1.82) is 0 Å². The van der Waals surface area contributed by atoms with Crippen molar-refractivity contribution < 1.29 is 0 Å². The second kappa shape index (κ2) is 19.3. The SMILES string of the molecule is C.C.C.CS(=S)S(C)=S.CS(C)=S. The van der Waals surface area contributed by atoms with E-state index >= 15 is 0 Å². The van der Waals surface area contributed by atoms with Gasteiger partial charge in [0.15, 0.2) is 0 Å². The Morgan fingerprint density at radius 3 is 0.692 bits per heavy atom. The smallest absolute Gasteiger partial charge is 0.00362 e. The quantitative estimate of drug-likeness (QED) is 0.683. The van der Waals surface area contributed by atoms with Gasteiger partial charge in [-0.2, -0.15) is 0 Å². The minimum Gasteiger partial charge on any atom is -0.128 e. The van der Waals surface area contributed by atoms with Crippen molar-refractivity contribution in [3.63, 3.8) is 0 Å². The topological polar surface area (TPSA) is 0 Å². The van der Waals surface area contributed by atoms with Crippen molar-refractivity contribution in [2.75, 3.05) is 25.0 Å². The first-order chi connectivity index (χ1) is 4.37. The average Bonchev–Trinajstić information content (AvgIpc) is 1.63. The summed E-state index contributed by atoms with van der Waals surface area (Å²) in [5, 5.41) is 0. The molecule has 0 aromatic heterocycles. The lowest BCUT2D eigenvalue weighted by atomic mass is 11.9. The Balaban J connectivity index is -0.0000000279. The zero-order valence-corrected chi connectivity index (χ0v) is 11.3. The minimum atomic E-state index is 0. The van der Waals surface area contributed by atoms with Crippen LogP contribution in [0.15, 0.2) is 0 Å². The molecule has 13 heavy (non-hydrogen) atoms. The van der Waals surface area contributed by atoms with E-state index in [2.05, 4.69) is 11.2 Å². The predicted octanol–water partition coefficient (Wildman–Crippen LogP) is 2.56. The fourth-order valence-corrected chi connectivity index (χ4v) is 0. The molecule has 0 aromatic rings. The second-order valence-electron chi connectivity index (χ2n) is 1.54. The molecule has 0 radical (unpaired) electrons. The van der Waals surface area contributed by atoms with Crippen LogP contribution >= 0.6 is 0 Å². The molecule has 0 fully saturated rings. The third-order valence-corrected chi connectivity index (χ3v) is 7.42. The summed E-state index contributed by atoms with van der Waals surface area (Å²) in [5.41, 5.74) is 0. The summed E-state index contributed by atoms with van der Waals surface area (Å²) in [6.07, 6.45) is 8.00. The van der Waals surface area contributed by atoms with Gasteiger partial charge in [-0.05, 0) is 47.4 Å². The Kier molecular flexibility index (Phi) is 43.6. The molecule has 0 heterocycles. The maximum Gasteiger partial charge on any atom is -0.00362 e. The molecule has 0 aliphatic carbocycles. The van der Waals surface area contributed by atoms with Crippen LogP contribution in [-0.4, -0.2) is 25.0 Å². The highest BCUT2D eigenvalue weighted by atomic mass is 33.5. The lowest BCUT2D eigenvalue weighted by Crippen LogP contribution is -1.87. The first-order valence-electron chi connectivity index (χ1n) is 2.30. The average molecular weight is 301 g/mol. The number of rotatable bonds is 1. The van der Waals surface area contributed by atoms with Gasteiger partial charge in [0.05, 0.1) is 0 Å². The summed E-state index contributed by atoms with van der Waals surface area (Å²) >= 11 is 14.3. The van der Waals surface area contributed by atoms with Crippen LogP contribution in [0.25, 0.3) is 0 Å². The molecule has 0 saturated heterocycles. The standard InChI is InChI=1S/C2H6S4.C2H6S2.3CH4/c1-5(3)6(2)4;1-4(2)3;;;/h1-2H3;1-2H3;3*1H4.